The number of aliphatic carboxylic acids is 1. The van der Waals surface area contributed by atoms with E-state index in [1.165, 1.54) is 11.8 Å². The van der Waals surface area contributed by atoms with Gasteiger partial charge >= 0.3 is 5.97 Å². The number of carboxylic acid groups (broad SMARTS) is 1. The first kappa shape index (κ1) is 12.5. The molecule has 2 atom stereocenters. The summed E-state index contributed by atoms with van der Waals surface area (Å²) in [4.78, 5) is 34.7. The zero-order chi connectivity index (χ0) is 12.3. The maximum atomic E-state index is 11.8. The lowest BCUT2D eigenvalue weighted by Gasteiger charge is -2.20. The smallest absolute Gasteiger partial charge is 0.308 e. The van der Waals surface area contributed by atoms with E-state index in [0.29, 0.717) is 13.0 Å². The lowest BCUT2D eigenvalue weighted by molar-refractivity contribution is -0.141. The molecule has 1 heterocycles. The van der Waals surface area contributed by atoms with Gasteiger partial charge in [-0.1, -0.05) is 0 Å². The predicted molar refractivity (Wildman–Crippen MR) is 55.6 cm³/mol. The summed E-state index contributed by atoms with van der Waals surface area (Å²) in [5.74, 6) is -1.84. The molecular formula is C10H16N2O4. The Morgan fingerprint density at radius 1 is 1.44 bits per heavy atom. The highest BCUT2D eigenvalue weighted by Crippen LogP contribution is 2.16. The van der Waals surface area contributed by atoms with Crippen LogP contribution in [0.15, 0.2) is 0 Å². The monoisotopic (exact) mass is 228 g/mol. The molecule has 0 saturated carbocycles. The van der Waals surface area contributed by atoms with Crippen LogP contribution < -0.4 is 5.32 Å². The second-order valence-electron chi connectivity index (χ2n) is 4.03. The molecule has 0 radical (unpaired) electrons. The number of hydrogen-bond acceptors (Lipinski definition) is 3. The molecular weight excluding hydrogens is 212 g/mol. The summed E-state index contributed by atoms with van der Waals surface area (Å²) in [6.07, 6.45) is 0.480. The number of amides is 2. The maximum absolute atomic E-state index is 11.8. The zero-order valence-corrected chi connectivity index (χ0v) is 9.40. The number of nitrogens with one attached hydrogen (secondary N) is 1. The van der Waals surface area contributed by atoms with Crippen LogP contribution in [0.5, 0.6) is 0 Å². The molecule has 6 heteroatoms. The molecule has 0 aromatic carbocycles. The van der Waals surface area contributed by atoms with Crippen LogP contribution in [-0.4, -0.2) is 46.9 Å². The van der Waals surface area contributed by atoms with Crippen LogP contribution in [0.3, 0.4) is 0 Å². The first-order chi connectivity index (χ1) is 7.41. The van der Waals surface area contributed by atoms with Gasteiger partial charge in [0.05, 0.1) is 5.92 Å². The van der Waals surface area contributed by atoms with Gasteiger partial charge in [0.25, 0.3) is 0 Å². The number of carboxylic acids is 1. The summed E-state index contributed by atoms with van der Waals surface area (Å²) in [6, 6.07) is -0.593. The van der Waals surface area contributed by atoms with Crippen molar-refractivity contribution < 1.29 is 19.5 Å². The van der Waals surface area contributed by atoms with Crippen molar-refractivity contribution in [1.29, 1.82) is 0 Å². The number of rotatable bonds is 3. The summed E-state index contributed by atoms with van der Waals surface area (Å²) < 4.78 is 0. The number of nitrogens with zero attached hydrogens (tertiary/aromatic N) is 1. The Labute approximate surface area is 93.6 Å². The van der Waals surface area contributed by atoms with Gasteiger partial charge in [-0.3, -0.25) is 14.4 Å². The fourth-order valence-electron chi connectivity index (χ4n) is 1.80. The van der Waals surface area contributed by atoms with Crippen molar-refractivity contribution in [2.75, 3.05) is 13.1 Å². The minimum absolute atomic E-state index is 0.223. The largest absolute Gasteiger partial charge is 0.481 e. The van der Waals surface area contributed by atoms with E-state index in [4.69, 9.17) is 5.11 Å². The van der Waals surface area contributed by atoms with Crippen LogP contribution in [0.25, 0.3) is 0 Å². The van der Waals surface area contributed by atoms with Gasteiger partial charge in [-0.15, -0.1) is 0 Å². The van der Waals surface area contributed by atoms with E-state index in [0.717, 1.165) is 0 Å². The number of hydrogen-bond donors (Lipinski definition) is 2. The molecule has 0 aromatic rings. The van der Waals surface area contributed by atoms with Crippen LogP contribution in [0.1, 0.15) is 20.3 Å². The lowest BCUT2D eigenvalue weighted by atomic mass is 10.1. The molecule has 0 aromatic heterocycles. The third kappa shape index (κ3) is 2.95. The fourth-order valence-corrected chi connectivity index (χ4v) is 1.80. The molecule has 90 valence electrons. The van der Waals surface area contributed by atoms with E-state index < -0.39 is 17.9 Å². The van der Waals surface area contributed by atoms with E-state index >= 15 is 0 Å². The quantitative estimate of drug-likeness (QED) is 0.678. The van der Waals surface area contributed by atoms with Gasteiger partial charge in [0.15, 0.2) is 0 Å². The Hall–Kier alpha value is -1.59. The van der Waals surface area contributed by atoms with Gasteiger partial charge in [-0.2, -0.15) is 0 Å². The van der Waals surface area contributed by atoms with Gasteiger partial charge in [0, 0.05) is 20.0 Å². The molecule has 0 spiro atoms. The van der Waals surface area contributed by atoms with Gasteiger partial charge in [-0.05, 0) is 13.3 Å². The van der Waals surface area contributed by atoms with Crippen molar-refractivity contribution in [2.45, 2.75) is 26.3 Å². The van der Waals surface area contributed by atoms with Crippen molar-refractivity contribution in [2.24, 2.45) is 5.92 Å². The molecule has 2 unspecified atom stereocenters. The Bertz CT molecular complexity index is 316. The lowest BCUT2D eigenvalue weighted by Crippen LogP contribution is -2.45. The molecule has 6 nitrogen and oxygen atoms in total. The second-order valence-corrected chi connectivity index (χ2v) is 4.03. The van der Waals surface area contributed by atoms with Crippen molar-refractivity contribution in [3.8, 4) is 0 Å². The summed E-state index contributed by atoms with van der Waals surface area (Å²) >= 11 is 0. The van der Waals surface area contributed by atoms with Gasteiger partial charge < -0.3 is 15.3 Å². The van der Waals surface area contributed by atoms with Crippen molar-refractivity contribution in [3.63, 3.8) is 0 Å². The average Bonchev–Trinajstić information content (AvgIpc) is 2.64. The van der Waals surface area contributed by atoms with E-state index in [1.54, 1.807) is 6.92 Å². The van der Waals surface area contributed by atoms with Crippen molar-refractivity contribution >= 4 is 17.8 Å². The van der Waals surface area contributed by atoms with E-state index in [9.17, 15) is 14.4 Å². The van der Waals surface area contributed by atoms with Crippen LogP contribution in [0.2, 0.25) is 0 Å². The fraction of sp³-hybridized carbons (Fsp3) is 0.700. The van der Waals surface area contributed by atoms with Crippen LogP contribution in [0.4, 0.5) is 0 Å². The molecule has 1 fully saturated rings. The number of carbonyl (C=O) groups is 3. The maximum Gasteiger partial charge on any atom is 0.308 e. The van der Waals surface area contributed by atoms with Gasteiger partial charge in [0.2, 0.25) is 11.8 Å². The van der Waals surface area contributed by atoms with E-state index in [2.05, 4.69) is 5.32 Å². The van der Waals surface area contributed by atoms with E-state index in [-0.39, 0.29) is 18.4 Å². The Morgan fingerprint density at radius 2 is 2.06 bits per heavy atom. The van der Waals surface area contributed by atoms with E-state index in [1.807, 2.05) is 0 Å². The highest BCUT2D eigenvalue weighted by Gasteiger charge is 2.32. The van der Waals surface area contributed by atoms with Crippen LogP contribution in [0, 0.1) is 5.92 Å². The molecule has 1 aliphatic heterocycles. The molecule has 2 N–H and O–H groups in total. The molecule has 0 bridgehead atoms. The third-order valence-corrected chi connectivity index (χ3v) is 2.64. The van der Waals surface area contributed by atoms with Crippen molar-refractivity contribution in [3.05, 3.63) is 0 Å². The topological polar surface area (TPSA) is 86.7 Å². The number of likely N-dealkylation sites (tertiary alicyclic amines) is 1. The summed E-state index contributed by atoms with van der Waals surface area (Å²) in [6.45, 7) is 3.61. The van der Waals surface area contributed by atoms with Crippen molar-refractivity contribution in [1.82, 2.24) is 10.2 Å². The predicted octanol–water partition coefficient (Wildman–Crippen LogP) is -0.556. The Kier molecular flexibility index (Phi) is 3.87. The summed E-state index contributed by atoms with van der Waals surface area (Å²) in [5, 5.41) is 11.3. The molecule has 1 rings (SSSR count). The first-order valence-corrected chi connectivity index (χ1v) is 5.20. The van der Waals surface area contributed by atoms with Gasteiger partial charge in [-0.25, -0.2) is 0 Å². The SMILES string of the molecule is CC(=O)NC(C)C(=O)N1CCC(C(=O)O)C1. The highest BCUT2D eigenvalue weighted by molar-refractivity contribution is 5.87. The minimum atomic E-state index is -0.873. The van der Waals surface area contributed by atoms with Crippen LogP contribution in [-0.2, 0) is 14.4 Å². The van der Waals surface area contributed by atoms with Crippen LogP contribution >= 0.6 is 0 Å². The Balaban J connectivity index is 2.50. The standard InChI is InChI=1S/C10H16N2O4/c1-6(11-7(2)13)9(14)12-4-3-8(5-12)10(15)16/h6,8H,3-5H2,1-2H3,(H,11,13)(H,15,16). The normalized spacial score (nSPS) is 21.6. The number of carbonyl (C=O) groups excluding carboxylic acids is 2. The van der Waals surface area contributed by atoms with Gasteiger partial charge in [0.1, 0.15) is 6.04 Å². The third-order valence-electron chi connectivity index (χ3n) is 2.64. The molecule has 1 aliphatic rings. The average molecular weight is 228 g/mol. The molecule has 1 saturated heterocycles. The molecule has 2 amide bonds. The molecule has 0 aliphatic carbocycles. The minimum Gasteiger partial charge on any atom is -0.481 e. The summed E-state index contributed by atoms with van der Waals surface area (Å²) in [5.41, 5.74) is 0. The summed E-state index contributed by atoms with van der Waals surface area (Å²) in [7, 11) is 0. The molecule has 16 heavy (non-hydrogen) atoms. The zero-order valence-electron chi connectivity index (χ0n) is 9.40. The Morgan fingerprint density at radius 3 is 2.50 bits per heavy atom. The highest BCUT2D eigenvalue weighted by atomic mass is 16.4. The second kappa shape index (κ2) is 4.96. The first-order valence-electron chi connectivity index (χ1n) is 5.20.